The van der Waals surface area contributed by atoms with E-state index in [1.54, 1.807) is 54.6 Å². The van der Waals surface area contributed by atoms with Gasteiger partial charge in [0.15, 0.2) is 11.5 Å². The zero-order valence-electron chi connectivity index (χ0n) is 30.1. The summed E-state index contributed by atoms with van der Waals surface area (Å²) < 4.78 is 10.8. The Kier molecular flexibility index (Phi) is 8.96. The number of imide groups is 2. The van der Waals surface area contributed by atoms with E-state index >= 15 is 4.79 Å². The minimum atomic E-state index is -1.50. The molecule has 13 heteroatoms. The molecule has 0 unspecified atom stereocenters. The molecule has 2 aliphatic carbocycles. The number of anilines is 2. The normalized spacial score (nSPS) is 25.6. The highest BCUT2D eigenvalue weighted by atomic mass is 35.5. The molecule has 0 bridgehead atoms. The number of amides is 4. The van der Waals surface area contributed by atoms with Crippen LogP contribution in [-0.4, -0.2) is 59.1 Å². The van der Waals surface area contributed by atoms with Gasteiger partial charge in [0, 0.05) is 17.0 Å². The maximum Gasteiger partial charge on any atom is 0.339 e. The second kappa shape index (κ2) is 13.7. The summed E-state index contributed by atoms with van der Waals surface area (Å²) in [5.74, 6) is -8.09. The number of aromatic carboxylic acids is 1. The van der Waals surface area contributed by atoms with Gasteiger partial charge in [-0.3, -0.25) is 19.2 Å². The van der Waals surface area contributed by atoms with Gasteiger partial charge in [0.2, 0.25) is 29.4 Å². The quantitative estimate of drug-likeness (QED) is 0.135. The van der Waals surface area contributed by atoms with E-state index < -0.39 is 70.4 Å². The van der Waals surface area contributed by atoms with Gasteiger partial charge in [-0.25, -0.2) is 14.6 Å². The number of hydrogen-bond donors (Lipinski definition) is 3. The molecule has 56 heavy (non-hydrogen) atoms. The summed E-state index contributed by atoms with van der Waals surface area (Å²) >= 11 is 6.39. The standard InChI is InChI=1S/C43H35ClN2O10/c1-55-34-17-22(18-35(56-2)37(34)48)11-16-31-27-14-15-29-36(40(51)45(38(29)49)26-12-13-28(41(52)53)33(47)20-26)30(27)21-32-39(50)46(25-10-6-9-24(44)19-25)42(54)43(31,32)23-7-4-3-5-8-23/h3-14,16-20,29-32,36,47-48H,15,21H2,1-2H3,(H,52,53)/t29-,30+,31-,32-,36-,43-/m0/s1. The Morgan fingerprint density at radius 2 is 1.52 bits per heavy atom. The molecule has 4 aliphatic rings. The Balaban J connectivity index is 1.31. The van der Waals surface area contributed by atoms with Crippen molar-refractivity contribution in [3.05, 3.63) is 124 Å². The molecule has 12 nitrogen and oxygen atoms in total. The molecule has 284 valence electrons. The Hall–Kier alpha value is -6.40. The maximum atomic E-state index is 15.3. The number of methoxy groups -OCH3 is 2. The molecular weight excluding hydrogens is 740 g/mol. The fraction of sp³-hybridized carbons (Fsp3) is 0.233. The Morgan fingerprint density at radius 1 is 0.821 bits per heavy atom. The van der Waals surface area contributed by atoms with Gasteiger partial charge < -0.3 is 24.8 Å². The number of rotatable bonds is 8. The van der Waals surface area contributed by atoms with E-state index in [1.807, 2.05) is 30.4 Å². The van der Waals surface area contributed by atoms with Gasteiger partial charge in [-0.15, -0.1) is 0 Å². The van der Waals surface area contributed by atoms with Crippen molar-refractivity contribution >= 4 is 58.6 Å². The van der Waals surface area contributed by atoms with E-state index in [0.29, 0.717) is 27.4 Å². The van der Waals surface area contributed by atoms with Gasteiger partial charge in [-0.1, -0.05) is 71.8 Å². The molecule has 3 fully saturated rings. The molecule has 8 rings (SSSR count). The molecule has 4 aromatic carbocycles. The maximum absolute atomic E-state index is 15.3. The van der Waals surface area contributed by atoms with E-state index in [-0.39, 0.29) is 41.3 Å². The van der Waals surface area contributed by atoms with Crippen LogP contribution in [0, 0.1) is 29.6 Å². The number of ether oxygens (including phenoxy) is 2. The van der Waals surface area contributed by atoms with Crippen LogP contribution in [0.25, 0.3) is 6.08 Å². The minimum Gasteiger partial charge on any atom is -0.507 e. The molecule has 1 saturated carbocycles. The van der Waals surface area contributed by atoms with Crippen molar-refractivity contribution in [3.8, 4) is 23.0 Å². The minimum absolute atomic E-state index is 0.0267. The van der Waals surface area contributed by atoms with Crippen molar-refractivity contribution < 1.29 is 48.8 Å². The second-order valence-electron chi connectivity index (χ2n) is 14.3. The lowest BCUT2D eigenvalue weighted by Gasteiger charge is -2.49. The van der Waals surface area contributed by atoms with E-state index in [1.165, 1.54) is 25.2 Å². The first-order valence-corrected chi connectivity index (χ1v) is 18.3. The van der Waals surface area contributed by atoms with Crippen LogP contribution in [0.15, 0.2) is 103 Å². The van der Waals surface area contributed by atoms with E-state index in [9.17, 15) is 34.5 Å². The van der Waals surface area contributed by atoms with Gasteiger partial charge in [0.25, 0.3) is 0 Å². The number of benzene rings is 4. The first-order valence-electron chi connectivity index (χ1n) is 17.9. The van der Waals surface area contributed by atoms with Crippen LogP contribution in [0.1, 0.15) is 34.3 Å². The summed E-state index contributed by atoms with van der Waals surface area (Å²) in [6.07, 6.45) is 5.70. The molecule has 3 N–H and O–H groups in total. The Morgan fingerprint density at radius 3 is 2.16 bits per heavy atom. The van der Waals surface area contributed by atoms with Gasteiger partial charge in [-0.2, -0.15) is 0 Å². The molecular formula is C43H35ClN2O10. The van der Waals surface area contributed by atoms with Crippen LogP contribution < -0.4 is 19.3 Å². The van der Waals surface area contributed by atoms with E-state index in [4.69, 9.17) is 21.1 Å². The Labute approximate surface area is 325 Å². The van der Waals surface area contributed by atoms with Crippen LogP contribution in [0.3, 0.4) is 0 Å². The van der Waals surface area contributed by atoms with Crippen LogP contribution in [0.4, 0.5) is 11.4 Å². The lowest BCUT2D eigenvalue weighted by molar-refractivity contribution is -0.128. The molecule has 0 aromatic heterocycles. The number of carbonyl (C=O) groups is 5. The largest absolute Gasteiger partial charge is 0.507 e. The zero-order chi connectivity index (χ0) is 39.6. The molecule has 2 saturated heterocycles. The predicted octanol–water partition coefficient (Wildman–Crippen LogP) is 6.38. The molecule has 2 aliphatic heterocycles. The molecule has 6 atom stereocenters. The summed E-state index contributed by atoms with van der Waals surface area (Å²) in [5.41, 5.74) is 0.298. The third-order valence-corrected chi connectivity index (χ3v) is 11.9. The highest BCUT2D eigenvalue weighted by Gasteiger charge is 2.69. The van der Waals surface area contributed by atoms with Gasteiger partial charge in [-0.05, 0) is 72.4 Å². The van der Waals surface area contributed by atoms with Crippen LogP contribution >= 0.6 is 11.6 Å². The lowest BCUT2D eigenvalue weighted by atomic mass is 9.50. The first-order chi connectivity index (χ1) is 26.9. The van der Waals surface area contributed by atoms with Gasteiger partial charge >= 0.3 is 5.97 Å². The van der Waals surface area contributed by atoms with E-state index in [0.717, 1.165) is 17.0 Å². The first kappa shape index (κ1) is 36.6. The topological polar surface area (TPSA) is 171 Å². The average molecular weight is 775 g/mol. The predicted molar refractivity (Wildman–Crippen MR) is 205 cm³/mol. The second-order valence-corrected chi connectivity index (χ2v) is 14.7. The van der Waals surface area contributed by atoms with Crippen LogP contribution in [0.5, 0.6) is 23.0 Å². The third kappa shape index (κ3) is 5.38. The van der Waals surface area contributed by atoms with Crippen molar-refractivity contribution in [3.63, 3.8) is 0 Å². The number of phenolic OH excluding ortho intramolecular Hbond substituents is 1. The molecule has 2 heterocycles. The van der Waals surface area contributed by atoms with Crippen molar-refractivity contribution in [2.24, 2.45) is 29.6 Å². The molecule has 0 spiro atoms. The van der Waals surface area contributed by atoms with Crippen molar-refractivity contribution in [2.45, 2.75) is 18.3 Å². The monoisotopic (exact) mass is 774 g/mol. The molecule has 4 amide bonds. The number of phenols is 2. The summed E-state index contributed by atoms with van der Waals surface area (Å²) in [7, 11) is 2.81. The smallest absolute Gasteiger partial charge is 0.339 e. The average Bonchev–Trinajstić information content (AvgIpc) is 3.58. The summed E-state index contributed by atoms with van der Waals surface area (Å²) in [4.78, 5) is 72.6. The van der Waals surface area contributed by atoms with Crippen LogP contribution in [-0.2, 0) is 24.6 Å². The Bertz CT molecular complexity index is 2390. The SMILES string of the molecule is COc1cc(C=C[C@H]2C3=CC[C@@H]4C(=O)N(c5ccc(C(=O)O)c(O)c5)C(=O)[C@@H]4[C@@H]3C[C@H]3C(=O)N(c4cccc(Cl)c4)C(=O)[C@@]23c2ccccc2)cc(OC)c1O. The summed E-state index contributed by atoms with van der Waals surface area (Å²) in [6.45, 7) is 0. The van der Waals surface area contributed by atoms with Gasteiger partial charge in [0.1, 0.15) is 11.3 Å². The van der Waals surface area contributed by atoms with E-state index in [2.05, 4.69) is 0 Å². The zero-order valence-corrected chi connectivity index (χ0v) is 30.8. The highest BCUT2D eigenvalue weighted by molar-refractivity contribution is 6.32. The van der Waals surface area contributed by atoms with Crippen LogP contribution in [0.2, 0.25) is 5.02 Å². The number of carboxylic acid groups (broad SMARTS) is 1. The number of nitrogens with zero attached hydrogens (tertiary/aromatic N) is 2. The summed E-state index contributed by atoms with van der Waals surface area (Å²) in [5, 5.41) is 30.9. The van der Waals surface area contributed by atoms with Crippen molar-refractivity contribution in [2.75, 3.05) is 24.0 Å². The number of allylic oxidation sites excluding steroid dienone is 3. The summed E-state index contributed by atoms with van der Waals surface area (Å²) in [6, 6.07) is 22.3. The number of aromatic hydroxyl groups is 2. The third-order valence-electron chi connectivity index (χ3n) is 11.7. The van der Waals surface area contributed by atoms with Gasteiger partial charge in [0.05, 0.1) is 48.8 Å². The van der Waals surface area contributed by atoms with Crippen molar-refractivity contribution in [1.82, 2.24) is 0 Å². The number of carboxylic acids is 1. The molecule has 4 aromatic rings. The number of carbonyl (C=O) groups excluding carboxylic acids is 4. The number of fused-ring (bicyclic) bond motifs is 4. The lowest BCUT2D eigenvalue weighted by Crippen LogP contribution is -2.54. The highest BCUT2D eigenvalue weighted by Crippen LogP contribution is 2.62. The number of halogens is 1. The molecule has 0 radical (unpaired) electrons. The number of hydrogen-bond acceptors (Lipinski definition) is 9. The fourth-order valence-corrected chi connectivity index (χ4v) is 9.49. The van der Waals surface area contributed by atoms with Crippen molar-refractivity contribution in [1.29, 1.82) is 0 Å². The fourth-order valence-electron chi connectivity index (χ4n) is 9.30.